The number of aliphatic hydroxyl groups is 1. The second-order valence-electron chi connectivity index (χ2n) is 4.42. The molecule has 1 rings (SSSR count). The molecule has 2 nitrogen and oxygen atoms in total. The maximum Gasteiger partial charge on any atom is 0.0434 e. The molecule has 0 saturated heterocycles. The van der Waals surface area contributed by atoms with E-state index in [1.165, 1.54) is 11.1 Å². The van der Waals surface area contributed by atoms with Crippen molar-refractivity contribution in [3.05, 3.63) is 35.4 Å². The van der Waals surface area contributed by atoms with Crippen LogP contribution in [0.4, 0.5) is 0 Å². The molecule has 0 aliphatic rings. The van der Waals surface area contributed by atoms with Gasteiger partial charge in [-0.1, -0.05) is 38.1 Å². The highest BCUT2D eigenvalue weighted by Crippen LogP contribution is 2.05. The third-order valence-electron chi connectivity index (χ3n) is 2.88. The maximum absolute atomic E-state index is 8.78. The normalized spacial score (nSPS) is 12.7. The Bertz CT molecular complexity index is 281. The maximum atomic E-state index is 8.78. The van der Waals surface area contributed by atoms with Crippen molar-refractivity contribution >= 4 is 0 Å². The molecular weight excluding hydrogens is 198 g/mol. The first-order valence-electron chi connectivity index (χ1n) is 6.15. The van der Waals surface area contributed by atoms with Gasteiger partial charge in [-0.15, -0.1) is 0 Å². The van der Waals surface area contributed by atoms with Gasteiger partial charge in [-0.05, 0) is 36.4 Å². The summed E-state index contributed by atoms with van der Waals surface area (Å²) in [4.78, 5) is 0. The molecule has 0 saturated carbocycles. The number of nitrogens with one attached hydrogen (secondary N) is 1. The molecule has 2 heteroatoms. The van der Waals surface area contributed by atoms with Crippen LogP contribution in [0.1, 0.15) is 31.4 Å². The summed E-state index contributed by atoms with van der Waals surface area (Å²) in [6, 6.07) is 8.74. The van der Waals surface area contributed by atoms with Crippen LogP contribution in [0.15, 0.2) is 24.3 Å². The number of hydrogen-bond donors (Lipinski definition) is 2. The zero-order chi connectivity index (χ0) is 11.8. The van der Waals surface area contributed by atoms with Crippen molar-refractivity contribution < 1.29 is 5.11 Å². The molecule has 16 heavy (non-hydrogen) atoms. The summed E-state index contributed by atoms with van der Waals surface area (Å²) in [7, 11) is 0. The van der Waals surface area contributed by atoms with E-state index in [-0.39, 0.29) is 6.61 Å². The SMILES string of the molecule is CCc1ccc(CNCC(C)CCO)cc1. The Morgan fingerprint density at radius 3 is 2.38 bits per heavy atom. The summed E-state index contributed by atoms with van der Waals surface area (Å²) >= 11 is 0. The molecule has 90 valence electrons. The predicted octanol–water partition coefficient (Wildman–Crippen LogP) is 2.36. The van der Waals surface area contributed by atoms with Crippen molar-refractivity contribution in [2.24, 2.45) is 5.92 Å². The first-order valence-corrected chi connectivity index (χ1v) is 6.15. The average molecular weight is 221 g/mol. The van der Waals surface area contributed by atoms with Crippen LogP contribution >= 0.6 is 0 Å². The van der Waals surface area contributed by atoms with Gasteiger partial charge >= 0.3 is 0 Å². The van der Waals surface area contributed by atoms with Gasteiger partial charge in [0.05, 0.1) is 0 Å². The van der Waals surface area contributed by atoms with Gasteiger partial charge in [0.25, 0.3) is 0 Å². The van der Waals surface area contributed by atoms with Crippen LogP contribution in [-0.2, 0) is 13.0 Å². The Balaban J connectivity index is 2.26. The average Bonchev–Trinajstić information content (AvgIpc) is 2.30. The lowest BCUT2D eigenvalue weighted by Gasteiger charge is -2.11. The first-order chi connectivity index (χ1) is 7.76. The fourth-order valence-electron chi connectivity index (χ4n) is 1.68. The van der Waals surface area contributed by atoms with Gasteiger partial charge in [-0.2, -0.15) is 0 Å². The summed E-state index contributed by atoms with van der Waals surface area (Å²) in [5.41, 5.74) is 2.71. The molecular formula is C14H23NO. The van der Waals surface area contributed by atoms with Crippen LogP contribution in [-0.4, -0.2) is 18.3 Å². The second-order valence-corrected chi connectivity index (χ2v) is 4.42. The van der Waals surface area contributed by atoms with E-state index >= 15 is 0 Å². The highest BCUT2D eigenvalue weighted by atomic mass is 16.3. The molecule has 1 unspecified atom stereocenters. The van der Waals surface area contributed by atoms with Crippen LogP contribution in [0, 0.1) is 5.92 Å². The Kier molecular flexibility index (Phi) is 6.12. The molecule has 1 aromatic rings. The number of benzene rings is 1. The van der Waals surface area contributed by atoms with Crippen molar-refractivity contribution in [1.29, 1.82) is 0 Å². The molecule has 1 atom stereocenters. The van der Waals surface area contributed by atoms with Crippen LogP contribution in [0.25, 0.3) is 0 Å². The number of aliphatic hydroxyl groups excluding tert-OH is 1. The minimum Gasteiger partial charge on any atom is -0.396 e. The van der Waals surface area contributed by atoms with Crippen LogP contribution in [0.5, 0.6) is 0 Å². The number of hydrogen-bond acceptors (Lipinski definition) is 2. The molecule has 2 N–H and O–H groups in total. The predicted molar refractivity (Wildman–Crippen MR) is 68.4 cm³/mol. The molecule has 0 amide bonds. The quantitative estimate of drug-likeness (QED) is 0.741. The van der Waals surface area contributed by atoms with Crippen LogP contribution < -0.4 is 5.32 Å². The van der Waals surface area contributed by atoms with Gasteiger partial charge in [-0.3, -0.25) is 0 Å². The van der Waals surface area contributed by atoms with Crippen molar-refractivity contribution in [3.8, 4) is 0 Å². The topological polar surface area (TPSA) is 32.3 Å². The summed E-state index contributed by atoms with van der Waals surface area (Å²) in [5, 5.41) is 12.2. The molecule has 0 radical (unpaired) electrons. The highest BCUT2D eigenvalue weighted by Gasteiger charge is 2.00. The minimum atomic E-state index is 0.286. The summed E-state index contributed by atoms with van der Waals surface area (Å²) < 4.78 is 0. The van der Waals surface area contributed by atoms with Gasteiger partial charge in [0.15, 0.2) is 0 Å². The van der Waals surface area contributed by atoms with E-state index in [9.17, 15) is 0 Å². The molecule has 0 fully saturated rings. The smallest absolute Gasteiger partial charge is 0.0434 e. The van der Waals surface area contributed by atoms with Crippen molar-refractivity contribution in [1.82, 2.24) is 5.32 Å². The molecule has 0 aromatic heterocycles. The molecule has 0 heterocycles. The molecule has 0 aliphatic heterocycles. The van der Waals surface area contributed by atoms with Gasteiger partial charge in [-0.25, -0.2) is 0 Å². The van der Waals surface area contributed by atoms with Crippen LogP contribution in [0.2, 0.25) is 0 Å². The summed E-state index contributed by atoms with van der Waals surface area (Å²) in [6.07, 6.45) is 1.98. The fourth-order valence-corrected chi connectivity index (χ4v) is 1.68. The highest BCUT2D eigenvalue weighted by molar-refractivity contribution is 5.22. The van der Waals surface area contributed by atoms with Gasteiger partial charge in [0.2, 0.25) is 0 Å². The van der Waals surface area contributed by atoms with Crippen molar-refractivity contribution in [2.75, 3.05) is 13.2 Å². The molecule has 0 aliphatic carbocycles. The second kappa shape index (κ2) is 7.42. The monoisotopic (exact) mass is 221 g/mol. The fraction of sp³-hybridized carbons (Fsp3) is 0.571. The standard InChI is InChI=1S/C14H23NO/c1-3-13-4-6-14(7-5-13)11-15-10-12(2)8-9-16/h4-7,12,15-16H,3,8-11H2,1-2H3. The van der Waals surface area contributed by atoms with E-state index in [4.69, 9.17) is 5.11 Å². The molecule has 1 aromatic carbocycles. The van der Waals surface area contributed by atoms with Gasteiger partial charge in [0.1, 0.15) is 0 Å². The Morgan fingerprint density at radius 2 is 1.81 bits per heavy atom. The lowest BCUT2D eigenvalue weighted by atomic mass is 10.1. The van der Waals surface area contributed by atoms with E-state index in [2.05, 4.69) is 43.4 Å². The lowest BCUT2D eigenvalue weighted by molar-refractivity contribution is 0.260. The minimum absolute atomic E-state index is 0.286. The van der Waals surface area contributed by atoms with E-state index in [1.807, 2.05) is 0 Å². The third-order valence-corrected chi connectivity index (χ3v) is 2.88. The van der Waals surface area contributed by atoms with Crippen molar-refractivity contribution in [3.63, 3.8) is 0 Å². The molecule has 0 spiro atoms. The third kappa shape index (κ3) is 4.77. The zero-order valence-electron chi connectivity index (χ0n) is 10.4. The van der Waals surface area contributed by atoms with Crippen molar-refractivity contribution in [2.45, 2.75) is 33.2 Å². The summed E-state index contributed by atoms with van der Waals surface area (Å²) in [5.74, 6) is 0.542. The number of aryl methyl sites for hydroxylation is 1. The van der Waals surface area contributed by atoms with Gasteiger partial charge < -0.3 is 10.4 Å². The van der Waals surface area contributed by atoms with Crippen LogP contribution in [0.3, 0.4) is 0 Å². The Labute approximate surface area is 98.7 Å². The molecule has 0 bridgehead atoms. The first kappa shape index (κ1) is 13.2. The van der Waals surface area contributed by atoms with E-state index in [1.54, 1.807) is 0 Å². The largest absolute Gasteiger partial charge is 0.396 e. The number of rotatable bonds is 7. The van der Waals surface area contributed by atoms with E-state index < -0.39 is 0 Å². The zero-order valence-corrected chi connectivity index (χ0v) is 10.4. The lowest BCUT2D eigenvalue weighted by Crippen LogP contribution is -2.21. The van der Waals surface area contributed by atoms with Gasteiger partial charge in [0, 0.05) is 13.2 Å². The summed E-state index contributed by atoms with van der Waals surface area (Å²) in [6.45, 7) is 6.50. The Hall–Kier alpha value is -0.860. The Morgan fingerprint density at radius 1 is 1.19 bits per heavy atom. The van der Waals surface area contributed by atoms with E-state index in [0.29, 0.717) is 5.92 Å². The van der Waals surface area contributed by atoms with E-state index in [0.717, 1.165) is 25.9 Å².